The predicted octanol–water partition coefficient (Wildman–Crippen LogP) is 3.35. The number of rotatable bonds is 5. The van der Waals surface area contributed by atoms with Crippen LogP contribution in [0.3, 0.4) is 0 Å². The Morgan fingerprint density at radius 3 is 2.57 bits per heavy atom. The van der Waals surface area contributed by atoms with Gasteiger partial charge in [-0.05, 0) is 30.9 Å². The van der Waals surface area contributed by atoms with Gasteiger partial charge in [0.1, 0.15) is 0 Å². The zero-order valence-electron chi connectivity index (χ0n) is 8.59. The first-order valence-corrected chi connectivity index (χ1v) is 6.49. The summed E-state index contributed by atoms with van der Waals surface area (Å²) in [6.07, 6.45) is 2.12. The highest BCUT2D eigenvalue weighted by Crippen LogP contribution is 2.15. The summed E-state index contributed by atoms with van der Waals surface area (Å²) in [5, 5.41) is 4.25. The molecule has 3 heteroatoms. The van der Waals surface area contributed by atoms with Crippen molar-refractivity contribution >= 4 is 23.4 Å². The molecule has 0 aliphatic carbocycles. The molecule has 1 aromatic rings. The van der Waals surface area contributed by atoms with E-state index in [0.29, 0.717) is 6.04 Å². The average Bonchev–Trinajstić information content (AvgIpc) is 2.19. The Balaban J connectivity index is 2.43. The van der Waals surface area contributed by atoms with Crippen LogP contribution in [0.5, 0.6) is 0 Å². The Morgan fingerprint density at radius 1 is 1.36 bits per heavy atom. The van der Waals surface area contributed by atoms with E-state index >= 15 is 0 Å². The van der Waals surface area contributed by atoms with Gasteiger partial charge >= 0.3 is 0 Å². The number of hydrogen-bond donors (Lipinski definition) is 1. The first-order chi connectivity index (χ1) is 6.74. The zero-order chi connectivity index (χ0) is 10.4. The van der Waals surface area contributed by atoms with Crippen LogP contribution >= 0.6 is 23.4 Å². The molecule has 1 aromatic carbocycles. The molecule has 0 saturated heterocycles. The topological polar surface area (TPSA) is 12.0 Å². The van der Waals surface area contributed by atoms with Crippen molar-refractivity contribution < 1.29 is 0 Å². The fraction of sp³-hybridized carbons (Fsp3) is 0.455. The smallest absolute Gasteiger partial charge is 0.0406 e. The maximum Gasteiger partial charge on any atom is 0.0406 e. The predicted molar refractivity (Wildman–Crippen MR) is 66.3 cm³/mol. The van der Waals surface area contributed by atoms with E-state index in [2.05, 4.69) is 30.6 Å². The highest BCUT2D eigenvalue weighted by Gasteiger charge is 2.02. The molecule has 0 radical (unpaired) electrons. The van der Waals surface area contributed by atoms with E-state index in [9.17, 15) is 0 Å². The van der Waals surface area contributed by atoms with Crippen LogP contribution in [-0.2, 0) is 0 Å². The lowest BCUT2D eigenvalue weighted by molar-refractivity contribution is 0.601. The van der Waals surface area contributed by atoms with E-state index in [4.69, 9.17) is 11.6 Å². The Kier molecular flexibility index (Phi) is 5.38. The number of halogens is 1. The molecule has 1 rings (SSSR count). The summed E-state index contributed by atoms with van der Waals surface area (Å²) >= 11 is 7.68. The first-order valence-electron chi connectivity index (χ1n) is 4.72. The second kappa shape index (κ2) is 6.33. The minimum absolute atomic E-state index is 0.402. The second-order valence-corrected chi connectivity index (χ2v) is 4.64. The fourth-order valence-electron chi connectivity index (χ4n) is 1.25. The normalized spacial score (nSPS) is 12.8. The third-order valence-electron chi connectivity index (χ3n) is 2.13. The van der Waals surface area contributed by atoms with Crippen LogP contribution in [0, 0.1) is 0 Å². The summed E-state index contributed by atoms with van der Waals surface area (Å²) in [6.45, 7) is 3.22. The summed E-state index contributed by atoms with van der Waals surface area (Å²) in [5.74, 6) is 1.15. The van der Waals surface area contributed by atoms with E-state index in [0.717, 1.165) is 17.3 Å². The molecule has 78 valence electrons. The van der Waals surface area contributed by atoms with Gasteiger partial charge in [0.2, 0.25) is 0 Å². The molecule has 14 heavy (non-hydrogen) atoms. The molecular weight excluding hydrogens is 214 g/mol. The number of nitrogens with one attached hydrogen (secondary N) is 1. The lowest BCUT2D eigenvalue weighted by atomic mass is 10.1. The van der Waals surface area contributed by atoms with Crippen molar-refractivity contribution in [2.75, 3.05) is 18.6 Å². The standard InChI is InChI=1S/C11H16ClNS/c1-9(13-7-8-14-2)10-3-5-11(12)6-4-10/h3-6,9,13H,7-8H2,1-2H3/t9-/m0/s1. The summed E-state index contributed by atoms with van der Waals surface area (Å²) in [6, 6.07) is 8.41. The molecule has 0 unspecified atom stereocenters. The highest BCUT2D eigenvalue weighted by molar-refractivity contribution is 7.98. The van der Waals surface area contributed by atoms with Gasteiger partial charge in [-0.15, -0.1) is 0 Å². The van der Waals surface area contributed by atoms with Crippen LogP contribution in [0.25, 0.3) is 0 Å². The van der Waals surface area contributed by atoms with Crippen molar-refractivity contribution in [2.45, 2.75) is 13.0 Å². The van der Waals surface area contributed by atoms with E-state index < -0.39 is 0 Å². The second-order valence-electron chi connectivity index (χ2n) is 3.22. The quantitative estimate of drug-likeness (QED) is 0.778. The van der Waals surface area contributed by atoms with Gasteiger partial charge in [-0.2, -0.15) is 11.8 Å². The van der Waals surface area contributed by atoms with Crippen LogP contribution in [-0.4, -0.2) is 18.6 Å². The van der Waals surface area contributed by atoms with Gasteiger partial charge in [0.25, 0.3) is 0 Å². The van der Waals surface area contributed by atoms with Gasteiger partial charge in [0, 0.05) is 23.4 Å². The molecule has 1 N–H and O–H groups in total. The van der Waals surface area contributed by atoms with E-state index in [1.807, 2.05) is 23.9 Å². The molecule has 0 bridgehead atoms. The van der Waals surface area contributed by atoms with Gasteiger partial charge in [-0.3, -0.25) is 0 Å². The highest BCUT2D eigenvalue weighted by atomic mass is 35.5. The fourth-order valence-corrected chi connectivity index (χ4v) is 1.69. The molecule has 0 saturated carbocycles. The Labute approximate surface area is 95.2 Å². The lowest BCUT2D eigenvalue weighted by Crippen LogP contribution is -2.21. The molecule has 1 atom stereocenters. The van der Waals surface area contributed by atoms with Crippen molar-refractivity contribution in [3.63, 3.8) is 0 Å². The Bertz CT molecular complexity index is 260. The third kappa shape index (κ3) is 3.91. The molecule has 0 aliphatic rings. The van der Waals surface area contributed by atoms with E-state index in [1.165, 1.54) is 5.56 Å². The maximum absolute atomic E-state index is 5.82. The molecule has 0 aromatic heterocycles. The van der Waals surface area contributed by atoms with Crippen molar-refractivity contribution in [3.8, 4) is 0 Å². The lowest BCUT2D eigenvalue weighted by Gasteiger charge is -2.13. The number of benzene rings is 1. The molecular formula is C11H16ClNS. The minimum atomic E-state index is 0.402. The largest absolute Gasteiger partial charge is 0.309 e. The van der Waals surface area contributed by atoms with Crippen molar-refractivity contribution in [2.24, 2.45) is 0 Å². The van der Waals surface area contributed by atoms with Crippen molar-refractivity contribution in [1.29, 1.82) is 0 Å². The third-order valence-corrected chi connectivity index (χ3v) is 2.99. The molecule has 0 fully saturated rings. The molecule has 0 spiro atoms. The molecule has 1 nitrogen and oxygen atoms in total. The number of hydrogen-bond acceptors (Lipinski definition) is 2. The molecule has 0 aliphatic heterocycles. The van der Waals surface area contributed by atoms with Gasteiger partial charge in [0.15, 0.2) is 0 Å². The Hall–Kier alpha value is -0.180. The molecule has 0 amide bonds. The summed E-state index contributed by atoms with van der Waals surface area (Å²) < 4.78 is 0. The van der Waals surface area contributed by atoms with Gasteiger partial charge in [-0.25, -0.2) is 0 Å². The average molecular weight is 230 g/mol. The van der Waals surface area contributed by atoms with Gasteiger partial charge < -0.3 is 5.32 Å². The number of thioether (sulfide) groups is 1. The van der Waals surface area contributed by atoms with Gasteiger partial charge in [0.05, 0.1) is 0 Å². The minimum Gasteiger partial charge on any atom is -0.309 e. The summed E-state index contributed by atoms with van der Waals surface area (Å²) in [7, 11) is 0. The van der Waals surface area contributed by atoms with Crippen LogP contribution in [0.1, 0.15) is 18.5 Å². The Morgan fingerprint density at radius 2 is 2.00 bits per heavy atom. The van der Waals surface area contributed by atoms with Crippen molar-refractivity contribution in [3.05, 3.63) is 34.9 Å². The maximum atomic E-state index is 5.82. The monoisotopic (exact) mass is 229 g/mol. The summed E-state index contributed by atoms with van der Waals surface area (Å²) in [5.41, 5.74) is 1.29. The molecule has 0 heterocycles. The van der Waals surface area contributed by atoms with E-state index in [-0.39, 0.29) is 0 Å². The SMILES string of the molecule is CSCCN[C@@H](C)c1ccc(Cl)cc1. The van der Waals surface area contributed by atoms with Gasteiger partial charge in [-0.1, -0.05) is 23.7 Å². The van der Waals surface area contributed by atoms with Crippen LogP contribution in [0.2, 0.25) is 5.02 Å². The van der Waals surface area contributed by atoms with Crippen LogP contribution in [0.4, 0.5) is 0 Å². The first kappa shape index (κ1) is 11.9. The zero-order valence-corrected chi connectivity index (χ0v) is 10.2. The van der Waals surface area contributed by atoms with Crippen LogP contribution in [0.15, 0.2) is 24.3 Å². The summed E-state index contributed by atoms with van der Waals surface area (Å²) in [4.78, 5) is 0. The van der Waals surface area contributed by atoms with Crippen LogP contribution < -0.4 is 5.32 Å². The van der Waals surface area contributed by atoms with Crippen molar-refractivity contribution in [1.82, 2.24) is 5.32 Å². The van der Waals surface area contributed by atoms with E-state index in [1.54, 1.807) is 0 Å².